The Hall–Kier alpha value is -2.99. The smallest absolute Gasteiger partial charge is 0.177 e. The van der Waals surface area contributed by atoms with E-state index in [-0.39, 0.29) is 5.78 Å². The van der Waals surface area contributed by atoms with Gasteiger partial charge in [-0.3, -0.25) is 4.79 Å². The van der Waals surface area contributed by atoms with Crippen LogP contribution in [0.5, 0.6) is 0 Å². The Morgan fingerprint density at radius 3 is 2.77 bits per heavy atom. The van der Waals surface area contributed by atoms with E-state index in [0.717, 1.165) is 28.1 Å². The van der Waals surface area contributed by atoms with Crippen LogP contribution in [-0.2, 0) is 0 Å². The molecule has 1 aromatic carbocycles. The SMILES string of the molecule is C=Cc1cc(NCC(C)(C)O)c2ncc(-c3ccc(C(=O)CC4CC4)c(C)c3)n2n1. The van der Waals surface area contributed by atoms with Crippen LogP contribution < -0.4 is 5.32 Å². The van der Waals surface area contributed by atoms with Gasteiger partial charge in [-0.05, 0) is 63.3 Å². The van der Waals surface area contributed by atoms with Crippen LogP contribution in [0, 0.1) is 12.8 Å². The Bertz CT molecular complexity index is 1120. The van der Waals surface area contributed by atoms with E-state index >= 15 is 0 Å². The number of nitrogens with one attached hydrogen (secondary N) is 1. The van der Waals surface area contributed by atoms with E-state index in [2.05, 4.69) is 22.0 Å². The highest BCUT2D eigenvalue weighted by Gasteiger charge is 2.25. The molecule has 0 aliphatic heterocycles. The van der Waals surface area contributed by atoms with Crippen LogP contribution in [0.2, 0.25) is 0 Å². The molecule has 2 heterocycles. The molecular weight excluding hydrogens is 376 g/mol. The van der Waals surface area contributed by atoms with E-state index in [0.29, 0.717) is 30.2 Å². The zero-order valence-corrected chi connectivity index (χ0v) is 17.8. The summed E-state index contributed by atoms with van der Waals surface area (Å²) in [5.41, 5.74) is 4.85. The van der Waals surface area contributed by atoms with Gasteiger partial charge in [-0.25, -0.2) is 9.50 Å². The topological polar surface area (TPSA) is 79.5 Å². The minimum atomic E-state index is -0.857. The first-order valence-electron chi connectivity index (χ1n) is 10.4. The number of carbonyl (C=O) groups excluding carboxylic acids is 1. The Balaban J connectivity index is 1.71. The number of hydrogen-bond acceptors (Lipinski definition) is 5. The molecule has 2 aromatic heterocycles. The summed E-state index contributed by atoms with van der Waals surface area (Å²) in [7, 11) is 0. The lowest BCUT2D eigenvalue weighted by Gasteiger charge is -2.19. The number of ketones is 1. The van der Waals surface area contributed by atoms with Gasteiger partial charge in [0.25, 0.3) is 0 Å². The third-order valence-electron chi connectivity index (χ3n) is 5.40. The monoisotopic (exact) mass is 404 g/mol. The molecule has 0 atom stereocenters. The molecule has 0 saturated heterocycles. The first-order valence-corrected chi connectivity index (χ1v) is 10.4. The number of Topliss-reactive ketones (excluding diaryl/α,β-unsaturated/α-hetero) is 1. The van der Waals surface area contributed by atoms with Crippen molar-refractivity contribution < 1.29 is 9.90 Å². The van der Waals surface area contributed by atoms with E-state index in [1.807, 2.05) is 31.2 Å². The van der Waals surface area contributed by atoms with Crippen LogP contribution in [-0.4, -0.2) is 37.6 Å². The van der Waals surface area contributed by atoms with Crippen LogP contribution in [0.3, 0.4) is 0 Å². The first-order chi connectivity index (χ1) is 14.2. The van der Waals surface area contributed by atoms with Crippen LogP contribution >= 0.6 is 0 Å². The standard InChI is InChI=1S/C24H28N4O2/c1-5-18-12-20(26-14-24(3,4)30)23-25-13-21(28(23)27-18)17-8-9-19(15(2)10-17)22(29)11-16-6-7-16/h5,8-10,12-13,16,26,30H,1,6-7,11,14H2,2-4H3. The number of aryl methyl sites for hydroxylation is 1. The van der Waals surface area contributed by atoms with Crippen molar-refractivity contribution in [1.82, 2.24) is 14.6 Å². The van der Waals surface area contributed by atoms with Gasteiger partial charge in [0, 0.05) is 24.1 Å². The molecule has 0 bridgehead atoms. The van der Waals surface area contributed by atoms with Crippen LogP contribution in [0.1, 0.15) is 54.7 Å². The average Bonchev–Trinajstić information content (AvgIpc) is 3.40. The van der Waals surface area contributed by atoms with Crippen molar-refractivity contribution in [1.29, 1.82) is 0 Å². The number of fused-ring (bicyclic) bond motifs is 1. The molecule has 3 aromatic rings. The Labute approximate surface area is 176 Å². The highest BCUT2D eigenvalue weighted by atomic mass is 16.3. The number of imidazole rings is 1. The number of anilines is 1. The summed E-state index contributed by atoms with van der Waals surface area (Å²) in [5.74, 6) is 0.802. The molecule has 1 saturated carbocycles. The summed E-state index contributed by atoms with van der Waals surface area (Å²) in [6.45, 7) is 9.69. The molecule has 6 heteroatoms. The number of aromatic nitrogens is 3. The van der Waals surface area contributed by atoms with Crippen molar-refractivity contribution in [2.75, 3.05) is 11.9 Å². The van der Waals surface area contributed by atoms with Gasteiger partial charge in [-0.2, -0.15) is 5.10 Å². The number of carbonyl (C=O) groups is 1. The van der Waals surface area contributed by atoms with Crippen LogP contribution in [0.25, 0.3) is 23.0 Å². The minimum absolute atomic E-state index is 0.227. The van der Waals surface area contributed by atoms with Crippen molar-refractivity contribution >= 4 is 23.2 Å². The zero-order valence-electron chi connectivity index (χ0n) is 17.8. The number of benzene rings is 1. The molecule has 30 heavy (non-hydrogen) atoms. The van der Waals surface area contributed by atoms with E-state index in [4.69, 9.17) is 0 Å². The fourth-order valence-electron chi connectivity index (χ4n) is 3.56. The summed E-state index contributed by atoms with van der Waals surface area (Å²) >= 11 is 0. The molecule has 1 aliphatic rings. The van der Waals surface area contributed by atoms with Gasteiger partial charge >= 0.3 is 0 Å². The van der Waals surface area contributed by atoms with E-state index in [1.165, 1.54) is 12.8 Å². The van der Waals surface area contributed by atoms with Gasteiger partial charge in [-0.1, -0.05) is 18.7 Å². The highest BCUT2D eigenvalue weighted by Crippen LogP contribution is 2.34. The third kappa shape index (κ3) is 4.28. The fourth-order valence-corrected chi connectivity index (χ4v) is 3.56. The second-order valence-corrected chi connectivity index (χ2v) is 8.83. The Kier molecular flexibility index (Phi) is 5.20. The molecule has 4 rings (SSSR count). The third-order valence-corrected chi connectivity index (χ3v) is 5.40. The largest absolute Gasteiger partial charge is 0.389 e. The molecule has 1 fully saturated rings. The van der Waals surface area contributed by atoms with E-state index in [1.54, 1.807) is 30.6 Å². The molecule has 0 unspecified atom stereocenters. The molecule has 0 spiro atoms. The zero-order chi connectivity index (χ0) is 21.5. The molecule has 2 N–H and O–H groups in total. The minimum Gasteiger partial charge on any atom is -0.389 e. The van der Waals surface area contributed by atoms with E-state index in [9.17, 15) is 9.90 Å². The summed E-state index contributed by atoms with van der Waals surface area (Å²) in [6, 6.07) is 7.77. The lowest BCUT2D eigenvalue weighted by atomic mass is 9.98. The molecule has 1 aliphatic carbocycles. The van der Waals surface area contributed by atoms with Gasteiger partial charge in [0.05, 0.1) is 28.9 Å². The van der Waals surface area contributed by atoms with Gasteiger partial charge in [0.2, 0.25) is 0 Å². The number of aliphatic hydroxyl groups is 1. The average molecular weight is 405 g/mol. The number of nitrogens with zero attached hydrogens (tertiary/aromatic N) is 3. The number of hydrogen-bond donors (Lipinski definition) is 2. The lowest BCUT2D eigenvalue weighted by molar-refractivity contribution is 0.0944. The van der Waals surface area contributed by atoms with Crippen molar-refractivity contribution in [2.24, 2.45) is 5.92 Å². The maximum Gasteiger partial charge on any atom is 0.177 e. The maximum atomic E-state index is 12.5. The second-order valence-electron chi connectivity index (χ2n) is 8.83. The quantitative estimate of drug-likeness (QED) is 0.540. The van der Waals surface area contributed by atoms with Gasteiger partial charge in [-0.15, -0.1) is 0 Å². The Morgan fingerprint density at radius 1 is 1.37 bits per heavy atom. The van der Waals surface area contributed by atoms with Crippen molar-refractivity contribution in [3.8, 4) is 11.3 Å². The maximum absolute atomic E-state index is 12.5. The lowest BCUT2D eigenvalue weighted by Crippen LogP contribution is -2.29. The van der Waals surface area contributed by atoms with E-state index < -0.39 is 5.60 Å². The predicted octanol–water partition coefficient (Wildman–Crippen LogP) is 4.51. The molecule has 6 nitrogen and oxygen atoms in total. The van der Waals surface area contributed by atoms with Gasteiger partial charge < -0.3 is 10.4 Å². The predicted molar refractivity (Wildman–Crippen MR) is 120 cm³/mol. The van der Waals surface area contributed by atoms with Crippen molar-refractivity contribution in [2.45, 2.75) is 45.6 Å². The Morgan fingerprint density at radius 2 is 2.13 bits per heavy atom. The second kappa shape index (κ2) is 7.69. The summed E-state index contributed by atoms with van der Waals surface area (Å²) in [4.78, 5) is 17.1. The van der Waals surface area contributed by atoms with Crippen molar-refractivity contribution in [3.63, 3.8) is 0 Å². The molecular formula is C24H28N4O2. The normalized spacial score (nSPS) is 14.1. The van der Waals surface area contributed by atoms with Crippen LogP contribution in [0.4, 0.5) is 5.69 Å². The summed E-state index contributed by atoms with van der Waals surface area (Å²) in [5, 5.41) is 18.0. The van der Waals surface area contributed by atoms with Gasteiger partial charge in [0.15, 0.2) is 11.4 Å². The van der Waals surface area contributed by atoms with Crippen molar-refractivity contribution in [3.05, 3.63) is 53.9 Å². The molecule has 0 radical (unpaired) electrons. The highest BCUT2D eigenvalue weighted by molar-refractivity contribution is 5.98. The molecule has 156 valence electrons. The van der Waals surface area contributed by atoms with Gasteiger partial charge in [0.1, 0.15) is 0 Å². The first kappa shape index (κ1) is 20.3. The summed E-state index contributed by atoms with van der Waals surface area (Å²) < 4.78 is 1.78. The summed E-state index contributed by atoms with van der Waals surface area (Å²) in [6.07, 6.45) is 6.46. The molecule has 0 amide bonds. The fraction of sp³-hybridized carbons (Fsp3) is 0.375. The number of rotatable bonds is 8. The van der Waals surface area contributed by atoms with Crippen LogP contribution in [0.15, 0.2) is 37.0 Å².